The van der Waals surface area contributed by atoms with E-state index < -0.39 is 5.72 Å². The zero-order valence-corrected chi connectivity index (χ0v) is 14.9. The molecule has 1 atom stereocenters. The number of rotatable bonds is 4. The van der Waals surface area contributed by atoms with Gasteiger partial charge in [-0.05, 0) is 30.3 Å². The second kappa shape index (κ2) is 6.49. The highest BCUT2D eigenvalue weighted by atomic mass is 16.3. The topological polar surface area (TPSA) is 57.6 Å². The molecule has 0 spiro atoms. The van der Waals surface area contributed by atoms with Crippen molar-refractivity contribution in [1.82, 2.24) is 0 Å². The number of fused-ring (bicyclic) bond motifs is 1. The number of amides is 1. The van der Waals surface area contributed by atoms with E-state index in [9.17, 15) is 14.7 Å². The Hall–Kier alpha value is -3.24. The number of hydrogen-bond donors (Lipinski definition) is 1. The van der Waals surface area contributed by atoms with Crippen molar-refractivity contribution in [1.29, 1.82) is 0 Å². The quantitative estimate of drug-likeness (QED) is 0.714. The smallest absolute Gasteiger partial charge is 0.261 e. The molecule has 0 radical (unpaired) electrons. The summed E-state index contributed by atoms with van der Waals surface area (Å²) in [5, 5.41) is 11.8. The van der Waals surface area contributed by atoms with Gasteiger partial charge in [0.15, 0.2) is 11.5 Å². The number of hydrogen-bond acceptors (Lipinski definition) is 3. The summed E-state index contributed by atoms with van der Waals surface area (Å²) in [5.74, 6) is -0.234. The molecule has 1 N–H and O–H groups in total. The average Bonchev–Trinajstić information content (AvgIpc) is 2.96. The van der Waals surface area contributed by atoms with Crippen LogP contribution >= 0.6 is 0 Å². The first-order chi connectivity index (χ1) is 13.1. The van der Waals surface area contributed by atoms with Gasteiger partial charge in [-0.15, -0.1) is 0 Å². The van der Waals surface area contributed by atoms with Crippen LogP contribution in [0.15, 0.2) is 78.9 Å². The number of aliphatic hydroxyl groups is 1. The van der Waals surface area contributed by atoms with E-state index in [1.807, 2.05) is 31.2 Å². The lowest BCUT2D eigenvalue weighted by atomic mass is 9.93. The van der Waals surface area contributed by atoms with Crippen molar-refractivity contribution in [3.63, 3.8) is 0 Å². The number of anilines is 1. The molecule has 4 nitrogen and oxygen atoms in total. The molecular formula is C23H19NO3. The van der Waals surface area contributed by atoms with Crippen LogP contribution in [-0.4, -0.2) is 16.8 Å². The monoisotopic (exact) mass is 357 g/mol. The Labute approximate surface area is 157 Å². The SMILES string of the molecule is CCC(=O)c1ccc(N2C(=O)c3ccccc3[C@]2(O)c2ccccc2)cc1. The van der Waals surface area contributed by atoms with Crippen molar-refractivity contribution >= 4 is 17.4 Å². The third kappa shape index (κ3) is 2.57. The minimum absolute atomic E-state index is 0.0379. The molecule has 4 heteroatoms. The van der Waals surface area contributed by atoms with Gasteiger partial charge in [0.25, 0.3) is 5.91 Å². The second-order valence-electron chi connectivity index (χ2n) is 6.55. The standard InChI is InChI=1S/C23H19NO3/c1-2-21(25)16-12-14-18(15-13-16)24-22(26)19-10-6-7-11-20(19)23(24,27)17-8-4-3-5-9-17/h3-15,27H,2H2,1H3/t23-/m1/s1. The van der Waals surface area contributed by atoms with Crippen LogP contribution in [0.1, 0.15) is 45.2 Å². The number of Topliss-reactive ketones (excluding diaryl/α,β-unsaturated/α-hetero) is 1. The van der Waals surface area contributed by atoms with Gasteiger partial charge >= 0.3 is 0 Å². The largest absolute Gasteiger partial charge is 0.363 e. The molecule has 0 fully saturated rings. The summed E-state index contributed by atoms with van der Waals surface area (Å²) < 4.78 is 0. The number of benzene rings is 3. The van der Waals surface area contributed by atoms with Crippen molar-refractivity contribution in [2.45, 2.75) is 19.1 Å². The maximum absolute atomic E-state index is 13.2. The minimum atomic E-state index is -1.61. The molecular weight excluding hydrogens is 338 g/mol. The van der Waals surface area contributed by atoms with E-state index in [1.165, 1.54) is 4.90 Å². The highest BCUT2D eigenvalue weighted by molar-refractivity contribution is 6.12. The van der Waals surface area contributed by atoms with Crippen molar-refractivity contribution < 1.29 is 14.7 Å². The van der Waals surface area contributed by atoms with Gasteiger partial charge in [-0.2, -0.15) is 0 Å². The Morgan fingerprint density at radius 2 is 1.56 bits per heavy atom. The lowest BCUT2D eigenvalue weighted by Gasteiger charge is -2.35. The maximum Gasteiger partial charge on any atom is 0.261 e. The lowest BCUT2D eigenvalue weighted by molar-refractivity contribution is 0.0703. The van der Waals surface area contributed by atoms with Crippen molar-refractivity contribution in [3.05, 3.63) is 101 Å². The van der Waals surface area contributed by atoms with E-state index in [-0.39, 0.29) is 11.7 Å². The normalized spacial score (nSPS) is 18.4. The maximum atomic E-state index is 13.2. The molecule has 0 bridgehead atoms. The van der Waals surface area contributed by atoms with Gasteiger partial charge in [-0.3, -0.25) is 14.5 Å². The lowest BCUT2D eigenvalue weighted by Crippen LogP contribution is -2.45. The Morgan fingerprint density at radius 3 is 2.22 bits per heavy atom. The molecule has 4 rings (SSSR count). The van der Waals surface area contributed by atoms with Gasteiger partial charge < -0.3 is 5.11 Å². The van der Waals surface area contributed by atoms with Crippen molar-refractivity contribution in [2.75, 3.05) is 4.90 Å². The Bertz CT molecular complexity index is 1010. The molecule has 0 saturated heterocycles. The van der Waals surface area contributed by atoms with Crippen LogP contribution in [-0.2, 0) is 5.72 Å². The summed E-state index contributed by atoms with van der Waals surface area (Å²) >= 11 is 0. The first-order valence-corrected chi connectivity index (χ1v) is 8.92. The van der Waals surface area contributed by atoms with E-state index in [0.29, 0.717) is 34.4 Å². The molecule has 3 aromatic carbocycles. The fourth-order valence-corrected chi connectivity index (χ4v) is 3.62. The summed E-state index contributed by atoms with van der Waals surface area (Å²) in [6, 6.07) is 23.0. The van der Waals surface area contributed by atoms with Crippen LogP contribution in [0.25, 0.3) is 0 Å². The van der Waals surface area contributed by atoms with Crippen LogP contribution in [0.2, 0.25) is 0 Å². The summed E-state index contributed by atoms with van der Waals surface area (Å²) in [5.41, 5.74) is 1.15. The zero-order chi connectivity index (χ0) is 19.0. The number of carbonyl (C=O) groups is 2. The van der Waals surface area contributed by atoms with E-state index in [1.54, 1.807) is 54.6 Å². The van der Waals surface area contributed by atoms with Crippen LogP contribution in [0.3, 0.4) is 0 Å². The predicted molar refractivity (Wildman–Crippen MR) is 104 cm³/mol. The Balaban J connectivity index is 1.88. The van der Waals surface area contributed by atoms with E-state index in [0.717, 1.165) is 0 Å². The third-order valence-electron chi connectivity index (χ3n) is 5.00. The summed E-state index contributed by atoms with van der Waals surface area (Å²) in [4.78, 5) is 26.5. The fraction of sp³-hybridized carbons (Fsp3) is 0.130. The van der Waals surface area contributed by atoms with E-state index in [2.05, 4.69) is 0 Å². The van der Waals surface area contributed by atoms with Crippen LogP contribution in [0, 0.1) is 0 Å². The fourth-order valence-electron chi connectivity index (χ4n) is 3.62. The minimum Gasteiger partial charge on any atom is -0.363 e. The van der Waals surface area contributed by atoms with Crippen molar-refractivity contribution in [2.24, 2.45) is 0 Å². The van der Waals surface area contributed by atoms with Gasteiger partial charge in [0.2, 0.25) is 0 Å². The Kier molecular flexibility index (Phi) is 4.13. The van der Waals surface area contributed by atoms with Crippen LogP contribution < -0.4 is 4.90 Å². The van der Waals surface area contributed by atoms with Gasteiger partial charge in [-0.25, -0.2) is 0 Å². The molecule has 0 aliphatic carbocycles. The first kappa shape index (κ1) is 17.2. The highest BCUT2D eigenvalue weighted by Crippen LogP contribution is 2.44. The highest BCUT2D eigenvalue weighted by Gasteiger charge is 2.50. The van der Waals surface area contributed by atoms with Gasteiger partial charge in [-0.1, -0.05) is 55.5 Å². The number of carbonyl (C=O) groups excluding carboxylic acids is 2. The van der Waals surface area contributed by atoms with Gasteiger partial charge in [0.05, 0.1) is 0 Å². The molecule has 1 amide bonds. The summed E-state index contributed by atoms with van der Waals surface area (Å²) in [7, 11) is 0. The predicted octanol–water partition coefficient (Wildman–Crippen LogP) is 4.13. The van der Waals surface area contributed by atoms with Gasteiger partial charge in [0, 0.05) is 34.4 Å². The summed E-state index contributed by atoms with van der Waals surface area (Å²) in [6.07, 6.45) is 0.418. The molecule has 1 heterocycles. The molecule has 27 heavy (non-hydrogen) atoms. The van der Waals surface area contributed by atoms with Crippen molar-refractivity contribution in [3.8, 4) is 0 Å². The van der Waals surface area contributed by atoms with E-state index >= 15 is 0 Å². The Morgan fingerprint density at radius 1 is 0.926 bits per heavy atom. The van der Waals surface area contributed by atoms with Crippen LogP contribution in [0.4, 0.5) is 5.69 Å². The molecule has 0 aromatic heterocycles. The zero-order valence-electron chi connectivity index (χ0n) is 14.9. The molecule has 1 aliphatic rings. The third-order valence-corrected chi connectivity index (χ3v) is 5.00. The molecule has 1 aliphatic heterocycles. The van der Waals surface area contributed by atoms with Crippen LogP contribution in [0.5, 0.6) is 0 Å². The first-order valence-electron chi connectivity index (χ1n) is 8.92. The number of nitrogens with zero attached hydrogens (tertiary/aromatic N) is 1. The van der Waals surface area contributed by atoms with E-state index in [4.69, 9.17) is 0 Å². The van der Waals surface area contributed by atoms with Gasteiger partial charge in [0.1, 0.15) is 0 Å². The summed E-state index contributed by atoms with van der Waals surface area (Å²) in [6.45, 7) is 1.81. The molecule has 3 aromatic rings. The molecule has 0 saturated carbocycles. The number of ketones is 1. The molecule has 0 unspecified atom stereocenters. The second-order valence-corrected chi connectivity index (χ2v) is 6.55. The average molecular weight is 357 g/mol. The molecule has 134 valence electrons.